The van der Waals surface area contributed by atoms with Gasteiger partial charge in [-0.2, -0.15) is 5.26 Å². The van der Waals surface area contributed by atoms with E-state index in [1.165, 1.54) is 12.1 Å². The van der Waals surface area contributed by atoms with E-state index < -0.39 is 9.05 Å². The molecule has 6 heteroatoms. The fourth-order valence-corrected chi connectivity index (χ4v) is 3.34. The summed E-state index contributed by atoms with van der Waals surface area (Å²) < 4.78 is 22.5. The molecule has 0 amide bonds. The van der Waals surface area contributed by atoms with Crippen LogP contribution in [0, 0.1) is 18.3 Å². The maximum absolute atomic E-state index is 11.2. The lowest BCUT2D eigenvalue weighted by Crippen LogP contribution is -2.00. The zero-order chi connectivity index (χ0) is 11.6. The molecule has 0 saturated carbocycles. The molecule has 0 aromatic heterocycles. The third-order valence-corrected chi connectivity index (χ3v) is 4.04. The minimum atomic E-state index is -3.76. The number of rotatable bonds is 2. The van der Waals surface area contributed by atoms with E-state index >= 15 is 0 Å². The molecule has 3 nitrogen and oxygen atoms in total. The van der Waals surface area contributed by atoms with E-state index in [4.69, 9.17) is 15.9 Å². The summed E-state index contributed by atoms with van der Waals surface area (Å²) in [6.45, 7) is 1.70. The Kier molecular flexibility index (Phi) is 3.77. The molecule has 1 aromatic carbocycles. The van der Waals surface area contributed by atoms with Crippen molar-refractivity contribution in [3.05, 3.63) is 28.8 Å². The number of hydrogen-bond acceptors (Lipinski definition) is 3. The Morgan fingerprint density at radius 3 is 2.53 bits per heavy atom. The molecule has 1 aromatic rings. The lowest BCUT2D eigenvalue weighted by molar-refractivity contribution is 0.609. The molecule has 0 saturated heterocycles. The van der Waals surface area contributed by atoms with Gasteiger partial charge in [-0.15, -0.1) is 0 Å². The third kappa shape index (κ3) is 2.51. The molecule has 0 heterocycles. The summed E-state index contributed by atoms with van der Waals surface area (Å²) in [6, 6.07) is 4.80. The molecule has 80 valence electrons. The van der Waals surface area contributed by atoms with Gasteiger partial charge >= 0.3 is 0 Å². The van der Waals surface area contributed by atoms with Crippen LogP contribution in [0.1, 0.15) is 16.7 Å². The van der Waals surface area contributed by atoms with Gasteiger partial charge in [-0.25, -0.2) is 8.42 Å². The molecule has 0 bridgehead atoms. The second kappa shape index (κ2) is 4.52. The van der Waals surface area contributed by atoms with E-state index in [0.29, 0.717) is 22.0 Å². The Labute approximate surface area is 101 Å². The lowest BCUT2D eigenvalue weighted by atomic mass is 10.0. The van der Waals surface area contributed by atoms with Gasteiger partial charge in [0.1, 0.15) is 0 Å². The molecule has 1 rings (SSSR count). The van der Waals surface area contributed by atoms with Gasteiger partial charge in [0, 0.05) is 16.0 Å². The zero-order valence-corrected chi connectivity index (χ0v) is 10.9. The predicted octanol–water partition coefficient (Wildman–Crippen LogP) is 2.69. The van der Waals surface area contributed by atoms with Gasteiger partial charge in [0.05, 0.1) is 16.5 Å². The Bertz CT molecular complexity index is 534. The molecule has 0 spiro atoms. The summed E-state index contributed by atoms with van der Waals surface area (Å²) in [6.07, 6.45) is 0. The number of halogens is 2. The monoisotopic (exact) mass is 307 g/mol. The van der Waals surface area contributed by atoms with Crippen LogP contribution in [0.5, 0.6) is 0 Å². The minimum absolute atomic E-state index is 0.0533. The van der Waals surface area contributed by atoms with Gasteiger partial charge in [-0.3, -0.25) is 0 Å². The van der Waals surface area contributed by atoms with E-state index in [2.05, 4.69) is 15.9 Å². The SMILES string of the molecule is Cc1c(C#N)ccc(S(=O)(=O)Cl)c1CBr. The van der Waals surface area contributed by atoms with Crippen LogP contribution >= 0.6 is 26.6 Å². The summed E-state index contributed by atoms with van der Waals surface area (Å²) >= 11 is 3.18. The Hall–Kier alpha value is -0.570. The summed E-state index contributed by atoms with van der Waals surface area (Å²) in [5.74, 6) is 0. The van der Waals surface area contributed by atoms with Crippen LogP contribution in [0.2, 0.25) is 0 Å². The second-order valence-corrected chi connectivity index (χ2v) is 5.99. The van der Waals surface area contributed by atoms with Crippen molar-refractivity contribution in [1.82, 2.24) is 0 Å². The van der Waals surface area contributed by atoms with E-state index in [9.17, 15) is 8.42 Å². The standard InChI is InChI=1S/C9H7BrClNO2S/c1-6-7(5-12)2-3-9(8(6)4-10)15(11,13)14/h2-3H,4H2,1H3. The van der Waals surface area contributed by atoms with Gasteiger partial charge in [0.2, 0.25) is 0 Å². The molecule has 0 radical (unpaired) electrons. The summed E-state index contributed by atoms with van der Waals surface area (Å²) in [4.78, 5) is 0.0533. The van der Waals surface area contributed by atoms with Crippen LogP contribution in [0.3, 0.4) is 0 Å². The lowest BCUT2D eigenvalue weighted by Gasteiger charge is -2.08. The minimum Gasteiger partial charge on any atom is -0.207 e. The molecule has 0 aliphatic heterocycles. The van der Waals surface area contributed by atoms with Crippen molar-refractivity contribution >= 4 is 35.7 Å². The van der Waals surface area contributed by atoms with E-state index in [1.807, 2.05) is 6.07 Å². The maximum atomic E-state index is 11.2. The fraction of sp³-hybridized carbons (Fsp3) is 0.222. The first-order valence-corrected chi connectivity index (χ1v) is 7.38. The van der Waals surface area contributed by atoms with Crippen LogP contribution in [-0.2, 0) is 14.4 Å². The van der Waals surface area contributed by atoms with Gasteiger partial charge in [-0.05, 0) is 30.2 Å². The average molecular weight is 309 g/mol. The normalized spacial score (nSPS) is 11.1. The van der Waals surface area contributed by atoms with E-state index in [1.54, 1.807) is 6.92 Å². The van der Waals surface area contributed by atoms with Crippen LogP contribution < -0.4 is 0 Å². The van der Waals surface area contributed by atoms with Crippen LogP contribution in [0.4, 0.5) is 0 Å². The number of hydrogen-bond donors (Lipinski definition) is 0. The number of benzene rings is 1. The highest BCUT2D eigenvalue weighted by Gasteiger charge is 2.18. The smallest absolute Gasteiger partial charge is 0.207 e. The molecule has 15 heavy (non-hydrogen) atoms. The largest absolute Gasteiger partial charge is 0.261 e. The van der Waals surface area contributed by atoms with Crippen molar-refractivity contribution in [3.8, 4) is 6.07 Å². The topological polar surface area (TPSA) is 57.9 Å². The highest BCUT2D eigenvalue weighted by molar-refractivity contribution is 9.08. The molecular formula is C9H7BrClNO2S. The molecule has 0 fully saturated rings. The first kappa shape index (κ1) is 12.5. The Balaban J connectivity index is 3.61. The van der Waals surface area contributed by atoms with Crippen molar-refractivity contribution in [3.63, 3.8) is 0 Å². The molecule has 0 aliphatic rings. The number of alkyl halides is 1. The Morgan fingerprint density at radius 2 is 2.13 bits per heavy atom. The van der Waals surface area contributed by atoms with Crippen molar-refractivity contribution in [1.29, 1.82) is 5.26 Å². The fourth-order valence-electron chi connectivity index (χ4n) is 1.25. The molecule has 0 N–H and O–H groups in total. The Morgan fingerprint density at radius 1 is 1.53 bits per heavy atom. The summed E-state index contributed by atoms with van der Waals surface area (Å²) in [5.41, 5.74) is 1.62. The van der Waals surface area contributed by atoms with E-state index in [0.717, 1.165) is 0 Å². The molecular weight excluding hydrogens is 302 g/mol. The van der Waals surface area contributed by atoms with Crippen molar-refractivity contribution in [2.24, 2.45) is 0 Å². The van der Waals surface area contributed by atoms with Crippen LogP contribution in [-0.4, -0.2) is 8.42 Å². The van der Waals surface area contributed by atoms with Gasteiger partial charge < -0.3 is 0 Å². The zero-order valence-electron chi connectivity index (χ0n) is 7.79. The number of nitrogens with zero attached hydrogens (tertiary/aromatic N) is 1. The third-order valence-electron chi connectivity index (χ3n) is 2.07. The van der Waals surface area contributed by atoms with E-state index in [-0.39, 0.29) is 4.90 Å². The number of nitriles is 1. The van der Waals surface area contributed by atoms with Crippen molar-refractivity contribution in [2.45, 2.75) is 17.1 Å². The predicted molar refractivity (Wildman–Crippen MR) is 61.6 cm³/mol. The van der Waals surface area contributed by atoms with Crippen molar-refractivity contribution < 1.29 is 8.42 Å². The maximum Gasteiger partial charge on any atom is 0.261 e. The van der Waals surface area contributed by atoms with Gasteiger partial charge in [-0.1, -0.05) is 15.9 Å². The van der Waals surface area contributed by atoms with Crippen molar-refractivity contribution in [2.75, 3.05) is 0 Å². The van der Waals surface area contributed by atoms with Crippen LogP contribution in [0.25, 0.3) is 0 Å². The first-order chi connectivity index (χ1) is 6.91. The van der Waals surface area contributed by atoms with Gasteiger partial charge in [0.25, 0.3) is 9.05 Å². The van der Waals surface area contributed by atoms with Gasteiger partial charge in [0.15, 0.2) is 0 Å². The first-order valence-electron chi connectivity index (χ1n) is 3.95. The highest BCUT2D eigenvalue weighted by atomic mass is 79.9. The average Bonchev–Trinajstić information content (AvgIpc) is 2.15. The molecule has 0 atom stereocenters. The quantitative estimate of drug-likeness (QED) is 0.623. The molecule has 0 unspecified atom stereocenters. The summed E-state index contributed by atoms with van der Waals surface area (Å²) in [5, 5.41) is 9.13. The highest BCUT2D eigenvalue weighted by Crippen LogP contribution is 2.27. The van der Waals surface area contributed by atoms with Crippen LogP contribution in [0.15, 0.2) is 17.0 Å². The molecule has 0 aliphatic carbocycles. The summed E-state index contributed by atoms with van der Waals surface area (Å²) in [7, 11) is 1.52. The second-order valence-electron chi connectivity index (χ2n) is 2.90.